The minimum atomic E-state index is 0.445. The summed E-state index contributed by atoms with van der Waals surface area (Å²) in [5.74, 6) is 2.82. The van der Waals surface area contributed by atoms with E-state index in [9.17, 15) is 0 Å². The second-order valence-electron chi connectivity index (χ2n) is 9.34. The van der Waals surface area contributed by atoms with Gasteiger partial charge in [0, 0.05) is 29.3 Å². The fourth-order valence-corrected chi connectivity index (χ4v) is 4.52. The summed E-state index contributed by atoms with van der Waals surface area (Å²) in [6.45, 7) is 7.29. The molecule has 0 aliphatic rings. The molecule has 5 aromatic rings. The van der Waals surface area contributed by atoms with E-state index in [4.69, 9.17) is 15.1 Å². The summed E-state index contributed by atoms with van der Waals surface area (Å²) >= 11 is 0. The van der Waals surface area contributed by atoms with E-state index in [2.05, 4.69) is 71.7 Å². The van der Waals surface area contributed by atoms with E-state index in [1.54, 1.807) is 0 Å². The molecule has 1 unspecified atom stereocenters. The zero-order chi connectivity index (χ0) is 25.6. The maximum Gasteiger partial charge on any atom is 0.205 e. The maximum atomic E-state index is 5.01. The monoisotopic (exact) mass is 492 g/mol. The Morgan fingerprint density at radius 1 is 0.919 bits per heavy atom. The van der Waals surface area contributed by atoms with Gasteiger partial charge in [0.05, 0.1) is 12.2 Å². The summed E-state index contributed by atoms with van der Waals surface area (Å²) in [6, 6.07) is 20.7. The molecule has 2 aromatic carbocycles. The summed E-state index contributed by atoms with van der Waals surface area (Å²) in [5.41, 5.74) is 6.24. The van der Waals surface area contributed by atoms with Gasteiger partial charge in [-0.2, -0.15) is 10.3 Å². The highest BCUT2D eigenvalue weighted by Gasteiger charge is 2.18. The van der Waals surface area contributed by atoms with E-state index >= 15 is 0 Å². The van der Waals surface area contributed by atoms with E-state index < -0.39 is 0 Å². The first-order valence-corrected chi connectivity index (χ1v) is 13.0. The molecular formula is C29H32N8. The van der Waals surface area contributed by atoms with Crippen molar-refractivity contribution in [2.75, 3.05) is 0 Å². The number of hydrogen-bond acceptors (Lipinski definition) is 6. The lowest BCUT2D eigenvalue weighted by molar-refractivity contribution is 0.662. The molecule has 0 fully saturated rings. The Bertz CT molecular complexity index is 1440. The summed E-state index contributed by atoms with van der Waals surface area (Å²) < 4.78 is 2.04. The Morgan fingerprint density at radius 2 is 1.70 bits per heavy atom. The van der Waals surface area contributed by atoms with Gasteiger partial charge in [0.1, 0.15) is 0 Å². The molecule has 5 rings (SSSR count). The van der Waals surface area contributed by atoms with Crippen molar-refractivity contribution in [3.05, 3.63) is 83.8 Å². The first kappa shape index (κ1) is 24.5. The summed E-state index contributed by atoms with van der Waals surface area (Å²) in [6.07, 6.45) is 6.06. The molecule has 0 amide bonds. The molecule has 0 saturated heterocycles. The van der Waals surface area contributed by atoms with Crippen molar-refractivity contribution in [2.45, 2.75) is 58.9 Å². The number of hydrogen-bond donors (Lipinski definition) is 1. The number of H-pyrrole nitrogens is 1. The molecule has 0 radical (unpaired) electrons. The zero-order valence-electron chi connectivity index (χ0n) is 21.6. The van der Waals surface area contributed by atoms with Gasteiger partial charge in [-0.3, -0.25) is 4.98 Å². The van der Waals surface area contributed by atoms with Crippen LogP contribution in [0, 0.1) is 0 Å². The fraction of sp³-hybridized carbons (Fsp3) is 0.310. The molecule has 1 atom stereocenters. The highest BCUT2D eigenvalue weighted by atomic mass is 15.5. The van der Waals surface area contributed by atoms with Crippen molar-refractivity contribution in [1.29, 1.82) is 0 Å². The molecule has 3 heterocycles. The summed E-state index contributed by atoms with van der Waals surface area (Å²) in [4.78, 5) is 9.79. The summed E-state index contributed by atoms with van der Waals surface area (Å²) in [7, 11) is 0. The van der Waals surface area contributed by atoms with Crippen molar-refractivity contribution in [1.82, 2.24) is 40.4 Å². The number of aromatic amines is 1. The number of unbranched alkanes of at least 4 members (excludes halogenated alkanes) is 1. The smallest absolute Gasteiger partial charge is 0.205 e. The largest absolute Gasteiger partial charge is 0.256 e. The van der Waals surface area contributed by atoms with Gasteiger partial charge in [0.25, 0.3) is 0 Å². The first-order chi connectivity index (χ1) is 18.2. The molecule has 0 saturated carbocycles. The van der Waals surface area contributed by atoms with Gasteiger partial charge in [-0.25, -0.2) is 9.67 Å². The molecule has 3 aromatic heterocycles. The van der Waals surface area contributed by atoms with Crippen LogP contribution in [0.15, 0.2) is 66.9 Å². The predicted molar refractivity (Wildman–Crippen MR) is 145 cm³/mol. The third-order valence-corrected chi connectivity index (χ3v) is 6.76. The van der Waals surface area contributed by atoms with Gasteiger partial charge in [-0.15, -0.1) is 10.2 Å². The van der Waals surface area contributed by atoms with Crippen molar-refractivity contribution in [3.63, 3.8) is 0 Å². The van der Waals surface area contributed by atoms with E-state index in [1.165, 1.54) is 5.56 Å². The normalized spacial score (nSPS) is 12.1. The minimum absolute atomic E-state index is 0.445. The number of pyridine rings is 1. The number of nitrogens with one attached hydrogen (secondary N) is 1. The van der Waals surface area contributed by atoms with Crippen LogP contribution in [0.4, 0.5) is 0 Å². The number of tetrazole rings is 1. The van der Waals surface area contributed by atoms with Crippen molar-refractivity contribution in [3.8, 4) is 34.0 Å². The van der Waals surface area contributed by atoms with Crippen molar-refractivity contribution >= 4 is 0 Å². The fourth-order valence-electron chi connectivity index (χ4n) is 4.52. The van der Waals surface area contributed by atoms with Crippen molar-refractivity contribution < 1.29 is 0 Å². The van der Waals surface area contributed by atoms with Crippen LogP contribution in [-0.2, 0) is 13.0 Å². The molecule has 0 spiro atoms. The van der Waals surface area contributed by atoms with Crippen LogP contribution < -0.4 is 0 Å². The number of benzene rings is 2. The number of aromatic nitrogens is 8. The Hall–Kier alpha value is -4.20. The Kier molecular flexibility index (Phi) is 7.44. The molecule has 8 heteroatoms. The van der Waals surface area contributed by atoms with Crippen LogP contribution in [0.1, 0.15) is 62.9 Å². The van der Waals surface area contributed by atoms with Gasteiger partial charge >= 0.3 is 0 Å². The minimum Gasteiger partial charge on any atom is -0.256 e. The Labute approximate surface area is 217 Å². The maximum absolute atomic E-state index is 5.01. The predicted octanol–water partition coefficient (Wildman–Crippen LogP) is 6.09. The average Bonchev–Trinajstić information content (AvgIpc) is 3.62. The molecule has 1 N–H and O–H groups in total. The molecule has 0 bridgehead atoms. The van der Waals surface area contributed by atoms with Crippen LogP contribution in [-0.4, -0.2) is 40.4 Å². The van der Waals surface area contributed by atoms with E-state index in [1.807, 2.05) is 41.2 Å². The summed E-state index contributed by atoms with van der Waals surface area (Å²) in [5, 5.41) is 19.4. The first-order valence-electron chi connectivity index (χ1n) is 13.0. The molecule has 188 valence electrons. The number of nitrogens with zero attached hydrogens (tertiary/aromatic N) is 7. The van der Waals surface area contributed by atoms with Gasteiger partial charge in [0.15, 0.2) is 11.6 Å². The van der Waals surface area contributed by atoms with Crippen LogP contribution >= 0.6 is 0 Å². The lowest BCUT2D eigenvalue weighted by Crippen LogP contribution is -2.07. The quantitative estimate of drug-likeness (QED) is 0.253. The highest BCUT2D eigenvalue weighted by molar-refractivity contribution is 5.78. The topological polar surface area (TPSA) is 98.1 Å². The molecule has 0 aliphatic heterocycles. The second kappa shape index (κ2) is 11.2. The standard InChI is InChI=1S/C29H32N8/c1-4-6-15-27-31-29(25-14-10-7-11-22(25)20(3)5-2)37(34-27)19-21-16-17-26(30-18-21)23-12-8-9-13-24(23)28-32-35-36-33-28/h7-14,16-18,20H,4-6,15,19H2,1-3H3,(H,32,33,35,36). The van der Waals surface area contributed by atoms with Crippen LogP contribution in [0.2, 0.25) is 0 Å². The Balaban J connectivity index is 1.47. The van der Waals surface area contributed by atoms with Gasteiger partial charge in [-0.1, -0.05) is 81.8 Å². The third-order valence-electron chi connectivity index (χ3n) is 6.76. The van der Waals surface area contributed by atoms with Gasteiger partial charge < -0.3 is 0 Å². The van der Waals surface area contributed by atoms with E-state index in [0.29, 0.717) is 18.3 Å². The SMILES string of the molecule is CCCCc1nc(-c2ccccc2C(C)CC)n(Cc2ccc(-c3ccccc3-c3nn[nH]n3)nc2)n1. The molecule has 8 nitrogen and oxygen atoms in total. The zero-order valence-corrected chi connectivity index (χ0v) is 21.6. The number of rotatable bonds is 10. The van der Waals surface area contributed by atoms with Crippen LogP contribution in [0.25, 0.3) is 34.0 Å². The molecule has 0 aliphatic carbocycles. The van der Waals surface area contributed by atoms with Crippen LogP contribution in [0.5, 0.6) is 0 Å². The van der Waals surface area contributed by atoms with E-state index in [0.717, 1.165) is 65.3 Å². The van der Waals surface area contributed by atoms with Crippen molar-refractivity contribution in [2.24, 2.45) is 0 Å². The van der Waals surface area contributed by atoms with E-state index in [-0.39, 0.29) is 0 Å². The third kappa shape index (κ3) is 5.33. The Morgan fingerprint density at radius 3 is 2.41 bits per heavy atom. The highest BCUT2D eigenvalue weighted by Crippen LogP contribution is 2.31. The number of aryl methyl sites for hydroxylation is 1. The lowest BCUT2D eigenvalue weighted by atomic mass is 9.93. The lowest BCUT2D eigenvalue weighted by Gasteiger charge is -2.15. The van der Waals surface area contributed by atoms with Gasteiger partial charge in [0.2, 0.25) is 5.82 Å². The second-order valence-corrected chi connectivity index (χ2v) is 9.34. The van der Waals surface area contributed by atoms with Gasteiger partial charge in [-0.05, 0) is 41.2 Å². The molecular weight excluding hydrogens is 460 g/mol. The average molecular weight is 493 g/mol. The molecule has 37 heavy (non-hydrogen) atoms. The van der Waals surface area contributed by atoms with Crippen LogP contribution in [0.3, 0.4) is 0 Å².